The Morgan fingerprint density at radius 2 is 1.13 bits per heavy atom. The van der Waals surface area contributed by atoms with E-state index in [4.69, 9.17) is 24.0 Å². The first kappa shape index (κ1) is 34.9. The highest BCUT2D eigenvalue weighted by atomic mass is 17.2. The average Bonchev–Trinajstić information content (AvgIpc) is 3.02. The number of carbonyl (C=O) groups excluding carboxylic acids is 1. The third-order valence-corrected chi connectivity index (χ3v) is 9.93. The molecule has 0 aliphatic heterocycles. The maximum Gasteiger partial charge on any atom is 0.317 e. The van der Waals surface area contributed by atoms with Gasteiger partial charge in [0.15, 0.2) is 0 Å². The van der Waals surface area contributed by atoms with E-state index in [9.17, 15) is 44.8 Å². The van der Waals surface area contributed by atoms with E-state index in [1.165, 1.54) is 0 Å². The Bertz CT molecular complexity index is 998. The zero-order valence-electron chi connectivity index (χ0n) is 25.3. The zero-order valence-corrected chi connectivity index (χ0v) is 25.3. The molecule has 4 rings (SSSR count). The number of rotatable bonds is 14. The molecule has 4 saturated carbocycles. The summed E-state index contributed by atoms with van der Waals surface area (Å²) in [6.07, 6.45) is 6.05. The van der Waals surface area contributed by atoms with Crippen LogP contribution >= 0.6 is 0 Å². The van der Waals surface area contributed by atoms with E-state index in [0.717, 1.165) is 0 Å². The molecular weight excluding hydrogens is 600 g/mol. The fraction of sp³-hybridized carbons (Fsp3) is 0.897. The highest BCUT2D eigenvalue weighted by Gasteiger charge is 2.50. The van der Waals surface area contributed by atoms with Gasteiger partial charge in [-0.05, 0) is 77.0 Å². The lowest BCUT2D eigenvalue weighted by Crippen LogP contribution is -2.47. The quantitative estimate of drug-likeness (QED) is 0.0909. The molecule has 4 aliphatic rings. The molecule has 0 bridgehead atoms. The predicted molar refractivity (Wildman–Crippen MR) is 151 cm³/mol. The molecule has 0 aromatic rings. The van der Waals surface area contributed by atoms with Crippen molar-refractivity contribution in [3.05, 3.63) is 20.2 Å². The van der Waals surface area contributed by atoms with E-state index < -0.39 is 69.6 Å². The molecule has 45 heavy (non-hydrogen) atoms. The number of nitrogens with zero attached hydrogens (tertiary/aromatic N) is 2. The lowest BCUT2D eigenvalue weighted by atomic mass is 9.76. The highest BCUT2D eigenvalue weighted by molar-refractivity contribution is 5.82. The molecule has 0 saturated heterocycles. The van der Waals surface area contributed by atoms with Crippen LogP contribution in [0, 0.1) is 43.9 Å². The van der Waals surface area contributed by atoms with Gasteiger partial charge in [-0.25, -0.2) is 9.78 Å². The molecule has 0 aromatic carbocycles. The van der Waals surface area contributed by atoms with Crippen molar-refractivity contribution in [3.8, 4) is 0 Å². The molecule has 4 fully saturated rings. The fourth-order valence-electron chi connectivity index (χ4n) is 7.35. The standard InChI is InChI=1S/C29H44N2O14/c32-27(33)21-3-1-5-24(30(37)38)23(21)15-43-45-20-13-9-18(10-14-20)42-16-41-17-7-11-19(12-8-17)44-29(36)26-22(28(34)35)4-2-6-25(26)31(39)40/h17-26H,1-16H2,(H,32,33)(H,34,35). The number of ether oxygens (including phenoxy) is 3. The van der Waals surface area contributed by atoms with E-state index in [1.54, 1.807) is 0 Å². The van der Waals surface area contributed by atoms with Crippen LogP contribution in [-0.2, 0) is 38.4 Å². The topological polar surface area (TPSA) is 224 Å². The smallest absolute Gasteiger partial charge is 0.317 e. The van der Waals surface area contributed by atoms with Crippen molar-refractivity contribution in [2.24, 2.45) is 23.7 Å². The molecule has 0 radical (unpaired) electrons. The number of hydrogen-bond donors (Lipinski definition) is 2. The summed E-state index contributed by atoms with van der Waals surface area (Å²) in [5, 5.41) is 41.9. The second-order valence-corrected chi connectivity index (χ2v) is 12.7. The molecule has 16 nitrogen and oxygen atoms in total. The number of carbonyl (C=O) groups is 3. The van der Waals surface area contributed by atoms with Gasteiger partial charge in [-0.3, -0.25) is 34.6 Å². The van der Waals surface area contributed by atoms with Crippen LogP contribution in [0.4, 0.5) is 0 Å². The molecule has 16 heteroatoms. The van der Waals surface area contributed by atoms with Gasteiger partial charge < -0.3 is 24.4 Å². The van der Waals surface area contributed by atoms with Gasteiger partial charge in [0.25, 0.3) is 0 Å². The molecule has 0 aromatic heterocycles. The molecule has 4 aliphatic carbocycles. The fourth-order valence-corrected chi connectivity index (χ4v) is 7.35. The predicted octanol–water partition coefficient (Wildman–Crippen LogP) is 3.38. The Kier molecular flexibility index (Phi) is 12.9. The molecular formula is C29H44N2O14. The monoisotopic (exact) mass is 644 g/mol. The number of carboxylic acids is 2. The summed E-state index contributed by atoms with van der Waals surface area (Å²) >= 11 is 0. The minimum Gasteiger partial charge on any atom is -0.481 e. The van der Waals surface area contributed by atoms with Crippen molar-refractivity contribution >= 4 is 17.9 Å². The lowest BCUT2D eigenvalue weighted by molar-refractivity contribution is -0.541. The van der Waals surface area contributed by atoms with Crippen LogP contribution in [0.15, 0.2) is 0 Å². The number of hydrogen-bond acceptors (Lipinski definition) is 12. The highest BCUT2D eigenvalue weighted by Crippen LogP contribution is 2.36. The first-order valence-corrected chi connectivity index (χ1v) is 16.0. The number of carboxylic acid groups (broad SMARTS) is 2. The minimum atomic E-state index is -1.29. The third kappa shape index (κ3) is 9.53. The van der Waals surface area contributed by atoms with Crippen molar-refractivity contribution in [3.63, 3.8) is 0 Å². The van der Waals surface area contributed by atoms with Crippen molar-refractivity contribution < 1.29 is 58.4 Å². The molecule has 0 heterocycles. The number of esters is 1. The van der Waals surface area contributed by atoms with Gasteiger partial charge in [0.1, 0.15) is 18.8 Å². The molecule has 0 spiro atoms. The van der Waals surface area contributed by atoms with Crippen LogP contribution in [-0.4, -0.2) is 87.9 Å². The Morgan fingerprint density at radius 1 is 0.644 bits per heavy atom. The van der Waals surface area contributed by atoms with Gasteiger partial charge in [-0.15, -0.1) is 0 Å². The van der Waals surface area contributed by atoms with E-state index in [2.05, 4.69) is 0 Å². The van der Waals surface area contributed by atoms with Crippen molar-refractivity contribution in [1.82, 2.24) is 0 Å². The maximum absolute atomic E-state index is 12.8. The van der Waals surface area contributed by atoms with Crippen LogP contribution < -0.4 is 0 Å². The van der Waals surface area contributed by atoms with Crippen molar-refractivity contribution in [2.75, 3.05) is 13.4 Å². The SMILES string of the molecule is O=C(O)C1CCCC([N+](=O)[O-])C1COOC1CCC(OCOC2CCC(OC(=O)C3C(C(=O)O)CCCC3[N+](=O)[O-])CC2)CC1. The number of aliphatic carboxylic acids is 2. The molecule has 6 unspecified atom stereocenters. The van der Waals surface area contributed by atoms with Crippen LogP contribution in [0.2, 0.25) is 0 Å². The summed E-state index contributed by atoms with van der Waals surface area (Å²) in [5.74, 6) is -7.05. The van der Waals surface area contributed by atoms with Crippen LogP contribution in [0.25, 0.3) is 0 Å². The second-order valence-electron chi connectivity index (χ2n) is 12.7. The normalized spacial score (nSPS) is 35.6. The first-order valence-electron chi connectivity index (χ1n) is 16.0. The zero-order chi connectivity index (χ0) is 32.5. The lowest BCUT2D eigenvalue weighted by Gasteiger charge is -2.33. The summed E-state index contributed by atoms with van der Waals surface area (Å²) < 4.78 is 17.3. The summed E-state index contributed by atoms with van der Waals surface area (Å²) in [5.41, 5.74) is 0. The first-order chi connectivity index (χ1) is 21.5. The van der Waals surface area contributed by atoms with Gasteiger partial charge in [-0.2, -0.15) is 0 Å². The largest absolute Gasteiger partial charge is 0.481 e. The Labute approximate surface area is 260 Å². The maximum atomic E-state index is 12.8. The van der Waals surface area contributed by atoms with Gasteiger partial charge in [0.2, 0.25) is 12.1 Å². The van der Waals surface area contributed by atoms with Gasteiger partial charge in [0, 0.05) is 22.7 Å². The Hall–Kier alpha value is -2.95. The molecule has 2 N–H and O–H groups in total. The Morgan fingerprint density at radius 3 is 1.67 bits per heavy atom. The van der Waals surface area contributed by atoms with Crippen LogP contribution in [0.3, 0.4) is 0 Å². The molecule has 254 valence electrons. The van der Waals surface area contributed by atoms with Crippen molar-refractivity contribution in [1.29, 1.82) is 0 Å². The van der Waals surface area contributed by atoms with Gasteiger partial charge >= 0.3 is 17.9 Å². The van der Waals surface area contributed by atoms with Gasteiger partial charge in [-0.1, -0.05) is 0 Å². The second kappa shape index (κ2) is 16.6. The Balaban J connectivity index is 1.10. The summed E-state index contributed by atoms with van der Waals surface area (Å²) in [6.45, 7) is -0.0492. The van der Waals surface area contributed by atoms with E-state index in [1.807, 2.05) is 0 Å². The summed E-state index contributed by atoms with van der Waals surface area (Å²) in [6, 6.07) is -2.22. The molecule has 6 atom stereocenters. The minimum absolute atomic E-state index is 0.0389. The van der Waals surface area contributed by atoms with E-state index in [0.29, 0.717) is 77.0 Å². The van der Waals surface area contributed by atoms with E-state index >= 15 is 0 Å². The summed E-state index contributed by atoms with van der Waals surface area (Å²) in [7, 11) is 0. The summed E-state index contributed by atoms with van der Waals surface area (Å²) in [4.78, 5) is 68.9. The van der Waals surface area contributed by atoms with Crippen LogP contribution in [0.1, 0.15) is 89.9 Å². The van der Waals surface area contributed by atoms with E-state index in [-0.39, 0.29) is 44.6 Å². The number of nitro groups is 2. The molecule has 0 amide bonds. The van der Waals surface area contributed by atoms with Crippen LogP contribution in [0.5, 0.6) is 0 Å². The third-order valence-electron chi connectivity index (χ3n) is 9.93. The van der Waals surface area contributed by atoms with Crippen molar-refractivity contribution in [2.45, 2.75) is 126 Å². The van der Waals surface area contributed by atoms with Gasteiger partial charge in [0.05, 0.1) is 42.7 Å². The average molecular weight is 645 g/mol.